The number of benzene rings is 1. The molecule has 2 unspecified atom stereocenters. The van der Waals surface area contributed by atoms with Gasteiger partial charge in [-0.05, 0) is 27.6 Å². The third kappa shape index (κ3) is 2.92. The second-order valence-electron chi connectivity index (χ2n) is 5.30. The number of non-ortho nitro benzene ring substituents is 1. The Bertz CT molecular complexity index is 765. The molecular weight excluding hydrogens is 366 g/mol. The van der Waals surface area contributed by atoms with Crippen LogP contribution in [0.25, 0.3) is 0 Å². The highest BCUT2D eigenvalue weighted by Gasteiger charge is 2.44. The number of nitro groups is 1. The van der Waals surface area contributed by atoms with Crippen LogP contribution in [-0.4, -0.2) is 20.5 Å². The molecule has 2 aliphatic rings. The zero-order valence-electron chi connectivity index (χ0n) is 11.8. The molecule has 118 valence electrons. The Balaban J connectivity index is 2.03. The van der Waals surface area contributed by atoms with Crippen molar-refractivity contribution in [1.82, 2.24) is 0 Å². The summed E-state index contributed by atoms with van der Waals surface area (Å²) in [5, 5.41) is 20.0. The molecule has 0 aromatic heterocycles. The van der Waals surface area contributed by atoms with E-state index in [1.54, 1.807) is 18.2 Å². The molecule has 23 heavy (non-hydrogen) atoms. The second kappa shape index (κ2) is 5.66. The molecule has 3 rings (SSSR count). The Morgan fingerprint density at radius 1 is 1.39 bits per heavy atom. The number of aliphatic carboxylic acids is 1. The number of carboxylic acid groups (broad SMARTS) is 1. The molecule has 1 N–H and O–H groups in total. The van der Waals surface area contributed by atoms with Crippen molar-refractivity contribution in [3.63, 3.8) is 0 Å². The van der Waals surface area contributed by atoms with Crippen LogP contribution in [0.1, 0.15) is 17.9 Å². The van der Waals surface area contributed by atoms with Crippen LogP contribution in [0.5, 0.6) is 0 Å². The zero-order chi connectivity index (χ0) is 16.6. The molecule has 1 aromatic carbocycles. The zero-order valence-corrected chi connectivity index (χ0v) is 13.4. The minimum Gasteiger partial charge on any atom is -0.481 e. The summed E-state index contributed by atoms with van der Waals surface area (Å²) >= 11 is 3.43. The summed E-state index contributed by atoms with van der Waals surface area (Å²) in [6, 6.07) is 6.04. The maximum Gasteiger partial charge on any atom is 0.308 e. The number of nitro benzene ring substituents is 1. The number of hydrogen-bond donors (Lipinski definition) is 1. The minimum atomic E-state index is -1.14. The molecule has 0 radical (unpaired) electrons. The van der Waals surface area contributed by atoms with Gasteiger partial charge >= 0.3 is 5.97 Å². The van der Waals surface area contributed by atoms with Crippen molar-refractivity contribution in [3.05, 3.63) is 75.6 Å². The summed E-state index contributed by atoms with van der Waals surface area (Å²) in [5.74, 6) is -0.784. The van der Waals surface area contributed by atoms with Gasteiger partial charge in [-0.1, -0.05) is 30.4 Å². The third-order valence-electron chi connectivity index (χ3n) is 3.75. The van der Waals surface area contributed by atoms with Gasteiger partial charge in [-0.2, -0.15) is 0 Å². The molecule has 0 fully saturated rings. The van der Waals surface area contributed by atoms with Gasteiger partial charge in [0.15, 0.2) is 4.51 Å². The van der Waals surface area contributed by atoms with Crippen molar-refractivity contribution in [1.29, 1.82) is 0 Å². The van der Waals surface area contributed by atoms with Gasteiger partial charge in [-0.15, -0.1) is 0 Å². The number of fused-ring (bicyclic) bond motifs is 1. The number of halogens is 1. The van der Waals surface area contributed by atoms with Crippen LogP contribution >= 0.6 is 15.9 Å². The third-order valence-corrected chi connectivity index (χ3v) is 4.69. The molecule has 0 amide bonds. The molecule has 1 heterocycles. The first kappa shape index (κ1) is 15.5. The molecule has 0 bridgehead atoms. The summed E-state index contributed by atoms with van der Waals surface area (Å²) in [4.78, 5) is 21.5. The first-order chi connectivity index (χ1) is 10.9. The lowest BCUT2D eigenvalue weighted by molar-refractivity contribution is -0.384. The van der Waals surface area contributed by atoms with Crippen molar-refractivity contribution in [3.8, 4) is 0 Å². The van der Waals surface area contributed by atoms with Crippen LogP contribution in [0.2, 0.25) is 0 Å². The Kier molecular flexibility index (Phi) is 3.81. The van der Waals surface area contributed by atoms with Gasteiger partial charge in [-0.3, -0.25) is 14.9 Å². The quantitative estimate of drug-likeness (QED) is 0.491. The number of hydrogen-bond acceptors (Lipinski definition) is 4. The number of carbonyl (C=O) groups is 1. The predicted molar refractivity (Wildman–Crippen MR) is 86.1 cm³/mol. The van der Waals surface area contributed by atoms with E-state index in [-0.39, 0.29) is 12.1 Å². The SMILES string of the molecule is O=C(O)CC1(Br)OC2=CC=CC2=CC1c1ccc([N+](=O)[O-])cc1. The van der Waals surface area contributed by atoms with E-state index in [0.717, 1.165) is 11.1 Å². The fraction of sp³-hybridized carbons (Fsp3) is 0.188. The number of carboxylic acids is 1. The van der Waals surface area contributed by atoms with Gasteiger partial charge in [0.1, 0.15) is 5.76 Å². The van der Waals surface area contributed by atoms with Crippen molar-refractivity contribution in [2.75, 3.05) is 0 Å². The molecule has 0 saturated carbocycles. The van der Waals surface area contributed by atoms with Crippen molar-refractivity contribution >= 4 is 27.6 Å². The van der Waals surface area contributed by atoms with E-state index >= 15 is 0 Å². The van der Waals surface area contributed by atoms with Crippen molar-refractivity contribution in [2.24, 2.45) is 0 Å². The lowest BCUT2D eigenvalue weighted by atomic mass is 9.87. The van der Waals surface area contributed by atoms with Crippen molar-refractivity contribution in [2.45, 2.75) is 16.8 Å². The summed E-state index contributed by atoms with van der Waals surface area (Å²) in [7, 11) is 0. The Labute approximate surface area is 140 Å². The second-order valence-corrected chi connectivity index (χ2v) is 6.64. The number of ether oxygens (including phenoxy) is 1. The molecule has 0 saturated heterocycles. The van der Waals surface area contributed by atoms with Crippen LogP contribution in [0.4, 0.5) is 5.69 Å². The number of alkyl halides is 1. The first-order valence-electron chi connectivity index (χ1n) is 6.84. The highest BCUT2D eigenvalue weighted by Crippen LogP contribution is 2.48. The van der Waals surface area contributed by atoms with Crippen molar-refractivity contribution < 1.29 is 19.6 Å². The Hall–Kier alpha value is -2.41. The van der Waals surface area contributed by atoms with E-state index in [2.05, 4.69) is 15.9 Å². The fourth-order valence-electron chi connectivity index (χ4n) is 2.70. The minimum absolute atomic E-state index is 0.0158. The molecule has 0 spiro atoms. The van der Waals surface area contributed by atoms with Crippen LogP contribution in [0.15, 0.2) is 59.9 Å². The summed E-state index contributed by atoms with van der Waals surface area (Å²) in [5.41, 5.74) is 1.59. The number of rotatable bonds is 4. The maximum absolute atomic E-state index is 11.2. The Morgan fingerprint density at radius 2 is 2.09 bits per heavy atom. The van der Waals surface area contributed by atoms with Gasteiger partial charge in [0.05, 0.1) is 17.3 Å². The van der Waals surface area contributed by atoms with Gasteiger partial charge in [-0.25, -0.2) is 0 Å². The van der Waals surface area contributed by atoms with Gasteiger partial charge in [0.25, 0.3) is 5.69 Å². The molecular formula is C16H12BrNO5. The van der Waals surface area contributed by atoms with E-state index in [9.17, 15) is 20.0 Å². The van der Waals surface area contributed by atoms with Gasteiger partial charge in [0, 0.05) is 17.7 Å². The topological polar surface area (TPSA) is 89.7 Å². The number of allylic oxidation sites excluding steroid dienone is 3. The van der Waals surface area contributed by atoms with Crippen LogP contribution < -0.4 is 0 Å². The van der Waals surface area contributed by atoms with Gasteiger partial charge < -0.3 is 9.84 Å². The monoisotopic (exact) mass is 377 g/mol. The molecule has 7 heteroatoms. The summed E-state index contributed by atoms with van der Waals surface area (Å²) < 4.78 is 4.74. The first-order valence-corrected chi connectivity index (χ1v) is 7.63. The molecule has 1 aromatic rings. The smallest absolute Gasteiger partial charge is 0.308 e. The predicted octanol–water partition coefficient (Wildman–Crippen LogP) is 3.65. The summed E-state index contributed by atoms with van der Waals surface area (Å²) in [6.07, 6.45) is 7.14. The highest BCUT2D eigenvalue weighted by molar-refractivity contribution is 9.10. The average Bonchev–Trinajstić information content (AvgIpc) is 2.91. The van der Waals surface area contributed by atoms with Crippen LogP contribution in [-0.2, 0) is 9.53 Å². The number of nitrogens with zero attached hydrogens (tertiary/aromatic N) is 1. The van der Waals surface area contributed by atoms with E-state index in [4.69, 9.17) is 4.74 Å². The largest absolute Gasteiger partial charge is 0.481 e. The van der Waals surface area contributed by atoms with E-state index < -0.39 is 21.3 Å². The lowest BCUT2D eigenvalue weighted by Crippen LogP contribution is -2.37. The van der Waals surface area contributed by atoms with Crippen LogP contribution in [0.3, 0.4) is 0 Å². The molecule has 6 nitrogen and oxygen atoms in total. The Morgan fingerprint density at radius 3 is 2.70 bits per heavy atom. The lowest BCUT2D eigenvalue weighted by Gasteiger charge is -2.38. The molecule has 1 aliphatic carbocycles. The maximum atomic E-state index is 11.2. The summed E-state index contributed by atoms with van der Waals surface area (Å²) in [6.45, 7) is 0. The standard InChI is InChI=1S/C16H12BrNO5/c17-16(9-15(19)20)13(8-11-2-1-3-14(11)23-16)10-4-6-12(7-5-10)18(21)22/h1-8,13H,9H2,(H,19,20). The average molecular weight is 378 g/mol. The highest BCUT2D eigenvalue weighted by atomic mass is 79.9. The molecule has 1 aliphatic heterocycles. The van der Waals surface area contributed by atoms with E-state index in [1.807, 2.05) is 18.2 Å². The van der Waals surface area contributed by atoms with Gasteiger partial charge in [0.2, 0.25) is 0 Å². The van der Waals surface area contributed by atoms with Crippen LogP contribution in [0, 0.1) is 10.1 Å². The van der Waals surface area contributed by atoms with E-state index in [0.29, 0.717) is 5.76 Å². The molecule has 2 atom stereocenters. The fourth-order valence-corrected chi connectivity index (χ4v) is 3.51. The normalized spacial score (nSPS) is 25.2. The van der Waals surface area contributed by atoms with E-state index in [1.165, 1.54) is 12.1 Å².